The summed E-state index contributed by atoms with van der Waals surface area (Å²) in [4.78, 5) is 19.8. The van der Waals surface area contributed by atoms with Crippen LogP contribution < -0.4 is 5.32 Å². The lowest BCUT2D eigenvalue weighted by molar-refractivity contribution is -0.139. The minimum absolute atomic E-state index is 0.0512. The van der Waals surface area contributed by atoms with E-state index in [1.807, 2.05) is 0 Å². The molecule has 1 saturated carbocycles. The first kappa shape index (κ1) is 20.7. The topological polar surface area (TPSA) is 63.0 Å². The molecule has 27 heavy (non-hydrogen) atoms. The molecule has 0 aromatic heterocycles. The molecule has 0 unspecified atom stereocenters. The van der Waals surface area contributed by atoms with E-state index in [-0.39, 0.29) is 23.7 Å². The molecule has 1 N–H and O–H groups in total. The van der Waals surface area contributed by atoms with Gasteiger partial charge in [-0.2, -0.15) is 13.2 Å². The maximum absolute atomic E-state index is 13.4. The number of carbonyl (C=O) groups is 1. The summed E-state index contributed by atoms with van der Waals surface area (Å²) in [5.41, 5.74) is -1.30. The van der Waals surface area contributed by atoms with E-state index >= 15 is 0 Å². The number of hydrogen-bond acceptors (Lipinski definition) is 3. The van der Waals surface area contributed by atoms with Gasteiger partial charge in [0.05, 0.1) is 23.3 Å². The van der Waals surface area contributed by atoms with Crippen molar-refractivity contribution in [1.82, 2.24) is 5.32 Å². The number of ether oxygens (including phenoxy) is 1. The summed E-state index contributed by atoms with van der Waals surface area (Å²) in [6, 6.07) is 5.44. The van der Waals surface area contributed by atoms with Gasteiger partial charge in [0, 0.05) is 6.20 Å². The van der Waals surface area contributed by atoms with Crippen molar-refractivity contribution in [2.45, 2.75) is 44.8 Å². The van der Waals surface area contributed by atoms with Crippen molar-refractivity contribution >= 4 is 18.6 Å². The number of rotatable bonds is 5. The molecule has 2 rings (SSSR count). The molecule has 1 aromatic carbocycles. The quantitative estimate of drug-likeness (QED) is 0.360. The lowest BCUT2D eigenvalue weighted by Gasteiger charge is -2.40. The van der Waals surface area contributed by atoms with Gasteiger partial charge >= 0.3 is 12.1 Å². The second-order valence-electron chi connectivity index (χ2n) is 6.21. The standard InChI is InChI=1S/C19H22F3N3O2/c1-4-27-16(26)13(2)12-24-17(23-3)25-18(10-7-11-18)14-8-5-6-9-15(14)19(20,21)22/h5-6,8-9,12H,3-4,7,10-11H2,1-2H3,(H,24,25)/b13-12+. The van der Waals surface area contributed by atoms with Gasteiger partial charge in [-0.1, -0.05) is 18.2 Å². The van der Waals surface area contributed by atoms with Crippen molar-refractivity contribution < 1.29 is 22.7 Å². The van der Waals surface area contributed by atoms with Gasteiger partial charge in [-0.05, 0) is 51.5 Å². The van der Waals surface area contributed by atoms with Gasteiger partial charge in [0.1, 0.15) is 0 Å². The highest BCUT2D eigenvalue weighted by Crippen LogP contribution is 2.49. The Morgan fingerprint density at radius 3 is 2.56 bits per heavy atom. The minimum Gasteiger partial charge on any atom is -0.463 e. The van der Waals surface area contributed by atoms with Crippen LogP contribution in [0.15, 0.2) is 46.0 Å². The van der Waals surface area contributed by atoms with Crippen LogP contribution in [-0.2, 0) is 21.2 Å². The summed E-state index contributed by atoms with van der Waals surface area (Å²) in [6.45, 7) is 6.89. The SMILES string of the molecule is C=NC(=NC1(c2ccccc2C(F)(F)F)CCC1)N/C=C(\C)C(=O)OCC. The molecule has 8 heteroatoms. The van der Waals surface area contributed by atoms with E-state index in [1.165, 1.54) is 18.3 Å². The number of benzene rings is 1. The van der Waals surface area contributed by atoms with E-state index in [1.54, 1.807) is 19.9 Å². The van der Waals surface area contributed by atoms with Crippen LogP contribution in [-0.4, -0.2) is 25.3 Å². The Bertz CT molecular complexity index is 766. The summed E-state index contributed by atoms with van der Waals surface area (Å²) < 4.78 is 45.1. The number of esters is 1. The lowest BCUT2D eigenvalue weighted by atomic mass is 9.71. The van der Waals surface area contributed by atoms with Crippen LogP contribution in [0.1, 0.15) is 44.2 Å². The number of hydrogen-bond donors (Lipinski definition) is 1. The Balaban J connectivity index is 2.35. The summed E-state index contributed by atoms with van der Waals surface area (Å²) in [6.07, 6.45) is -1.40. The molecule has 0 aliphatic heterocycles. The monoisotopic (exact) mass is 381 g/mol. The largest absolute Gasteiger partial charge is 0.463 e. The van der Waals surface area contributed by atoms with Crippen molar-refractivity contribution in [3.05, 3.63) is 47.2 Å². The fourth-order valence-corrected chi connectivity index (χ4v) is 2.88. The number of halogens is 3. The zero-order valence-corrected chi connectivity index (χ0v) is 15.3. The van der Waals surface area contributed by atoms with Crippen molar-refractivity contribution in [2.24, 2.45) is 9.98 Å². The molecule has 0 heterocycles. The number of nitrogens with zero attached hydrogens (tertiary/aromatic N) is 2. The maximum atomic E-state index is 13.4. The van der Waals surface area contributed by atoms with E-state index in [0.29, 0.717) is 12.8 Å². The Morgan fingerprint density at radius 1 is 1.37 bits per heavy atom. The van der Waals surface area contributed by atoms with Gasteiger partial charge in [0.25, 0.3) is 0 Å². The smallest absolute Gasteiger partial charge is 0.416 e. The summed E-state index contributed by atoms with van der Waals surface area (Å²) in [7, 11) is 0. The van der Waals surface area contributed by atoms with Gasteiger partial charge in [0.15, 0.2) is 0 Å². The second kappa shape index (κ2) is 8.37. The molecular weight excluding hydrogens is 359 g/mol. The molecule has 0 amide bonds. The second-order valence-corrected chi connectivity index (χ2v) is 6.21. The molecule has 1 aliphatic carbocycles. The van der Waals surface area contributed by atoms with Crippen molar-refractivity contribution in [3.63, 3.8) is 0 Å². The van der Waals surface area contributed by atoms with Crippen LogP contribution in [0, 0.1) is 0 Å². The predicted molar refractivity (Wildman–Crippen MR) is 97.5 cm³/mol. The highest BCUT2D eigenvalue weighted by molar-refractivity contribution is 5.90. The predicted octanol–water partition coefficient (Wildman–Crippen LogP) is 4.20. The van der Waals surface area contributed by atoms with Gasteiger partial charge in [-0.25, -0.2) is 14.8 Å². The first-order chi connectivity index (χ1) is 12.7. The van der Waals surface area contributed by atoms with Crippen LogP contribution in [0.4, 0.5) is 13.2 Å². The molecule has 1 aromatic rings. The third kappa shape index (κ3) is 4.75. The average Bonchev–Trinajstić information content (AvgIpc) is 2.60. The van der Waals surface area contributed by atoms with Crippen molar-refractivity contribution in [3.8, 4) is 0 Å². The van der Waals surface area contributed by atoms with Crippen LogP contribution in [0.25, 0.3) is 0 Å². The first-order valence-electron chi connectivity index (χ1n) is 8.57. The summed E-state index contributed by atoms with van der Waals surface area (Å²) in [5, 5.41) is 2.74. The number of alkyl halides is 3. The first-order valence-corrected chi connectivity index (χ1v) is 8.57. The van der Waals surface area contributed by atoms with E-state index in [9.17, 15) is 18.0 Å². The maximum Gasteiger partial charge on any atom is 0.416 e. The molecule has 1 fully saturated rings. The fourth-order valence-electron chi connectivity index (χ4n) is 2.88. The number of guanidine groups is 1. The van der Waals surface area contributed by atoms with Gasteiger partial charge in [0.2, 0.25) is 5.96 Å². The van der Waals surface area contributed by atoms with Gasteiger partial charge in [-0.15, -0.1) is 0 Å². The number of nitrogens with one attached hydrogen (secondary N) is 1. The van der Waals surface area contributed by atoms with Gasteiger partial charge in [-0.3, -0.25) is 0 Å². The Kier molecular flexibility index (Phi) is 6.41. The molecule has 0 atom stereocenters. The minimum atomic E-state index is -4.47. The molecule has 1 aliphatic rings. The zero-order valence-electron chi connectivity index (χ0n) is 15.3. The third-order valence-electron chi connectivity index (χ3n) is 4.40. The summed E-state index contributed by atoms with van der Waals surface area (Å²) in [5.74, 6) is -0.454. The van der Waals surface area contributed by atoms with E-state index in [2.05, 4.69) is 22.0 Å². The normalized spacial score (nSPS) is 17.1. The Labute approximate surface area is 156 Å². The highest BCUT2D eigenvalue weighted by atomic mass is 19.4. The molecule has 0 saturated heterocycles. The Morgan fingerprint density at radius 2 is 2.04 bits per heavy atom. The Hall–Kier alpha value is -2.64. The average molecular weight is 381 g/mol. The van der Waals surface area contributed by atoms with E-state index < -0.39 is 23.2 Å². The summed E-state index contributed by atoms with van der Waals surface area (Å²) >= 11 is 0. The van der Waals surface area contributed by atoms with Crippen LogP contribution in [0.5, 0.6) is 0 Å². The molecule has 0 spiro atoms. The number of carbonyl (C=O) groups excluding carboxylic acids is 1. The fraction of sp³-hybridized carbons (Fsp3) is 0.421. The molecular formula is C19H22F3N3O2. The highest BCUT2D eigenvalue weighted by Gasteiger charge is 2.45. The van der Waals surface area contributed by atoms with Crippen LogP contribution in [0.3, 0.4) is 0 Å². The number of aliphatic imine (C=N–C) groups is 2. The van der Waals surface area contributed by atoms with Crippen molar-refractivity contribution in [1.29, 1.82) is 0 Å². The van der Waals surface area contributed by atoms with Crippen molar-refractivity contribution in [2.75, 3.05) is 6.61 Å². The third-order valence-corrected chi connectivity index (χ3v) is 4.40. The molecule has 0 bridgehead atoms. The molecule has 0 radical (unpaired) electrons. The van der Waals surface area contributed by atoms with E-state index in [0.717, 1.165) is 12.5 Å². The van der Waals surface area contributed by atoms with Crippen LogP contribution in [0.2, 0.25) is 0 Å². The van der Waals surface area contributed by atoms with Gasteiger partial charge < -0.3 is 10.1 Å². The lowest BCUT2D eigenvalue weighted by Crippen LogP contribution is -2.37. The van der Waals surface area contributed by atoms with E-state index in [4.69, 9.17) is 4.74 Å². The van der Waals surface area contributed by atoms with Crippen LogP contribution >= 0.6 is 0 Å². The molecule has 146 valence electrons. The zero-order chi connectivity index (χ0) is 20.1. The molecule has 5 nitrogen and oxygen atoms in total.